The molecule has 1 atom stereocenters. The summed E-state index contributed by atoms with van der Waals surface area (Å²) >= 11 is 0. The van der Waals surface area contributed by atoms with E-state index in [1.165, 1.54) is 0 Å². The molecule has 0 aliphatic carbocycles. The average molecular weight is 262 g/mol. The van der Waals surface area contributed by atoms with Crippen LogP contribution < -0.4 is 4.74 Å². The Hall–Kier alpha value is -1.71. The zero-order valence-corrected chi connectivity index (χ0v) is 11.2. The summed E-state index contributed by atoms with van der Waals surface area (Å²) in [5.74, 6) is 0. The summed E-state index contributed by atoms with van der Waals surface area (Å²) in [4.78, 5) is 10.4. The van der Waals surface area contributed by atoms with Crippen LogP contribution in [-0.2, 0) is 4.74 Å². The number of hydrogen-bond acceptors (Lipinski definition) is 6. The zero-order chi connectivity index (χ0) is 13.7. The molecule has 6 heteroatoms. The minimum atomic E-state index is -0.322. The van der Waals surface area contributed by atoms with Gasteiger partial charge in [-0.1, -0.05) is 0 Å². The van der Waals surface area contributed by atoms with Crippen molar-refractivity contribution in [3.63, 3.8) is 0 Å². The van der Waals surface area contributed by atoms with Crippen LogP contribution in [-0.4, -0.2) is 47.3 Å². The fourth-order valence-electron chi connectivity index (χ4n) is 1.94. The Kier molecular flexibility index (Phi) is 4.66. The van der Waals surface area contributed by atoms with Gasteiger partial charge in [0.25, 0.3) is 0 Å². The van der Waals surface area contributed by atoms with Gasteiger partial charge in [0, 0.05) is 31.0 Å². The highest BCUT2D eigenvalue weighted by atomic mass is 16.5. The van der Waals surface area contributed by atoms with Gasteiger partial charge in [-0.25, -0.2) is 9.97 Å². The van der Waals surface area contributed by atoms with Gasteiger partial charge in [0.2, 0.25) is 0 Å². The van der Waals surface area contributed by atoms with Gasteiger partial charge in [-0.05, 0) is 13.8 Å². The molecule has 1 saturated heterocycles. The lowest BCUT2D eigenvalue weighted by Crippen LogP contribution is -2.38. The number of aromatic nitrogens is 2. The van der Waals surface area contributed by atoms with Gasteiger partial charge >= 0.3 is 6.01 Å². The maximum absolute atomic E-state index is 9.33. The van der Waals surface area contributed by atoms with Gasteiger partial charge in [0.1, 0.15) is 6.04 Å². The molecule has 2 rings (SSSR count). The van der Waals surface area contributed by atoms with Crippen LogP contribution in [0.2, 0.25) is 0 Å². The van der Waals surface area contributed by atoms with Crippen LogP contribution in [0.4, 0.5) is 0 Å². The van der Waals surface area contributed by atoms with Crippen LogP contribution in [0.25, 0.3) is 0 Å². The Balaban J connectivity index is 2.08. The van der Waals surface area contributed by atoms with Gasteiger partial charge < -0.3 is 9.47 Å². The molecular weight excluding hydrogens is 244 g/mol. The van der Waals surface area contributed by atoms with Crippen molar-refractivity contribution >= 4 is 0 Å². The van der Waals surface area contributed by atoms with Crippen molar-refractivity contribution in [2.45, 2.75) is 26.0 Å². The molecule has 6 nitrogen and oxygen atoms in total. The molecule has 1 aromatic heterocycles. The van der Waals surface area contributed by atoms with E-state index >= 15 is 0 Å². The number of nitriles is 1. The van der Waals surface area contributed by atoms with Crippen LogP contribution in [0.5, 0.6) is 6.01 Å². The SMILES string of the molecule is CC(C)Oc1ncc(C(C#N)N2CCOCC2)cn1. The Labute approximate surface area is 113 Å². The number of ether oxygens (including phenoxy) is 2. The van der Waals surface area contributed by atoms with Gasteiger partial charge in [0.15, 0.2) is 0 Å². The lowest BCUT2D eigenvalue weighted by Gasteiger charge is -2.30. The Bertz CT molecular complexity index is 435. The molecular formula is C13H18N4O2. The quantitative estimate of drug-likeness (QED) is 0.811. The van der Waals surface area contributed by atoms with Gasteiger partial charge in [-0.3, -0.25) is 4.90 Å². The molecule has 0 spiro atoms. The fourth-order valence-corrected chi connectivity index (χ4v) is 1.94. The first-order valence-corrected chi connectivity index (χ1v) is 6.40. The Morgan fingerprint density at radius 1 is 1.32 bits per heavy atom. The normalized spacial score (nSPS) is 18.0. The van der Waals surface area contributed by atoms with E-state index in [-0.39, 0.29) is 12.1 Å². The van der Waals surface area contributed by atoms with Crippen molar-refractivity contribution in [1.29, 1.82) is 5.26 Å². The zero-order valence-electron chi connectivity index (χ0n) is 11.2. The van der Waals surface area contributed by atoms with Crippen molar-refractivity contribution in [2.75, 3.05) is 26.3 Å². The molecule has 0 aromatic carbocycles. The summed E-state index contributed by atoms with van der Waals surface area (Å²) < 4.78 is 10.7. The maximum Gasteiger partial charge on any atom is 0.316 e. The smallest absolute Gasteiger partial charge is 0.316 e. The first-order valence-electron chi connectivity index (χ1n) is 6.40. The molecule has 2 heterocycles. The first-order chi connectivity index (χ1) is 9.20. The van der Waals surface area contributed by atoms with E-state index in [4.69, 9.17) is 9.47 Å². The van der Waals surface area contributed by atoms with Crippen LogP contribution in [0.1, 0.15) is 25.5 Å². The summed E-state index contributed by atoms with van der Waals surface area (Å²) in [6, 6.07) is 2.32. The molecule has 1 aliphatic rings. The maximum atomic E-state index is 9.33. The molecule has 1 unspecified atom stereocenters. The molecule has 0 amide bonds. The van der Waals surface area contributed by atoms with Crippen molar-refractivity contribution in [3.05, 3.63) is 18.0 Å². The van der Waals surface area contributed by atoms with Crippen LogP contribution >= 0.6 is 0 Å². The van der Waals surface area contributed by atoms with E-state index < -0.39 is 0 Å². The van der Waals surface area contributed by atoms with E-state index in [0.29, 0.717) is 19.2 Å². The highest BCUT2D eigenvalue weighted by Gasteiger charge is 2.23. The third-order valence-corrected chi connectivity index (χ3v) is 2.84. The molecule has 1 fully saturated rings. The summed E-state index contributed by atoms with van der Waals surface area (Å²) in [7, 11) is 0. The van der Waals surface area contributed by atoms with E-state index in [1.807, 2.05) is 13.8 Å². The van der Waals surface area contributed by atoms with Gasteiger partial charge in [-0.15, -0.1) is 0 Å². The monoisotopic (exact) mass is 262 g/mol. The summed E-state index contributed by atoms with van der Waals surface area (Å²) in [5.41, 5.74) is 0.792. The van der Waals surface area contributed by atoms with Crippen LogP contribution in [0, 0.1) is 11.3 Å². The number of morpholine rings is 1. The summed E-state index contributed by atoms with van der Waals surface area (Å²) in [6.45, 7) is 6.66. The second kappa shape index (κ2) is 6.45. The largest absolute Gasteiger partial charge is 0.461 e. The molecule has 0 radical (unpaired) electrons. The Morgan fingerprint density at radius 2 is 1.95 bits per heavy atom. The molecule has 1 aromatic rings. The molecule has 0 saturated carbocycles. The molecule has 19 heavy (non-hydrogen) atoms. The predicted molar refractivity (Wildman–Crippen MR) is 68.5 cm³/mol. The van der Waals surface area contributed by atoms with Gasteiger partial charge in [0.05, 0.1) is 25.4 Å². The van der Waals surface area contributed by atoms with E-state index in [1.54, 1.807) is 12.4 Å². The highest BCUT2D eigenvalue weighted by molar-refractivity contribution is 5.19. The highest BCUT2D eigenvalue weighted by Crippen LogP contribution is 2.20. The minimum Gasteiger partial charge on any atom is -0.461 e. The van der Waals surface area contributed by atoms with Crippen molar-refractivity contribution in [3.8, 4) is 12.1 Å². The van der Waals surface area contributed by atoms with E-state index in [2.05, 4.69) is 20.9 Å². The molecule has 102 valence electrons. The molecule has 1 aliphatic heterocycles. The second-order valence-electron chi connectivity index (χ2n) is 4.65. The predicted octanol–water partition coefficient (Wildman–Crippen LogP) is 1.16. The minimum absolute atomic E-state index is 0.0388. The number of hydrogen-bond donors (Lipinski definition) is 0. The Morgan fingerprint density at radius 3 is 2.47 bits per heavy atom. The van der Waals surface area contributed by atoms with Crippen molar-refractivity contribution in [2.24, 2.45) is 0 Å². The second-order valence-corrected chi connectivity index (χ2v) is 4.65. The third kappa shape index (κ3) is 3.63. The molecule has 0 N–H and O–H groups in total. The third-order valence-electron chi connectivity index (χ3n) is 2.84. The standard InChI is InChI=1S/C13H18N4O2/c1-10(2)19-13-15-8-11(9-16-13)12(7-14)17-3-5-18-6-4-17/h8-10,12H,3-6H2,1-2H3. The fraction of sp³-hybridized carbons (Fsp3) is 0.615. The van der Waals surface area contributed by atoms with Gasteiger partial charge in [-0.2, -0.15) is 5.26 Å². The van der Waals surface area contributed by atoms with E-state index in [9.17, 15) is 5.26 Å². The summed E-state index contributed by atoms with van der Waals surface area (Å²) in [5, 5.41) is 9.33. The first kappa shape index (κ1) is 13.7. The topological polar surface area (TPSA) is 71.3 Å². The number of rotatable bonds is 4. The molecule has 0 bridgehead atoms. The average Bonchev–Trinajstić information content (AvgIpc) is 2.42. The van der Waals surface area contributed by atoms with Crippen molar-refractivity contribution < 1.29 is 9.47 Å². The summed E-state index contributed by atoms with van der Waals surface area (Å²) in [6.07, 6.45) is 3.36. The lowest BCUT2D eigenvalue weighted by atomic mass is 10.1. The van der Waals surface area contributed by atoms with Crippen LogP contribution in [0.15, 0.2) is 12.4 Å². The number of nitrogens with zero attached hydrogens (tertiary/aromatic N) is 4. The van der Waals surface area contributed by atoms with E-state index in [0.717, 1.165) is 18.7 Å². The van der Waals surface area contributed by atoms with Crippen LogP contribution in [0.3, 0.4) is 0 Å². The lowest BCUT2D eigenvalue weighted by molar-refractivity contribution is 0.0265. The van der Waals surface area contributed by atoms with Crippen molar-refractivity contribution in [1.82, 2.24) is 14.9 Å².